The largest absolute Gasteiger partial charge is 0.465 e. The number of hydrogen-bond acceptors (Lipinski definition) is 6. The quantitative estimate of drug-likeness (QED) is 0.201. The summed E-state index contributed by atoms with van der Waals surface area (Å²) < 4.78 is 4.47. The summed E-state index contributed by atoms with van der Waals surface area (Å²) in [6.07, 6.45) is 7.05. The van der Waals surface area contributed by atoms with Gasteiger partial charge < -0.3 is 19.6 Å². The first-order valence-corrected chi connectivity index (χ1v) is 15.3. The molecule has 3 aliphatic rings. The number of fused-ring (bicyclic) bond motifs is 1. The van der Waals surface area contributed by atoms with Gasteiger partial charge in [0.15, 0.2) is 0 Å². The molecule has 3 heterocycles. The second kappa shape index (κ2) is 12.5. The third-order valence-corrected chi connectivity index (χ3v) is 11.2. The molecule has 4 rings (SSSR count). The fourth-order valence-corrected chi connectivity index (χ4v) is 9.35. The number of nitrogens with zero attached hydrogens (tertiary/aromatic N) is 2. The van der Waals surface area contributed by atoms with Crippen molar-refractivity contribution in [3.8, 4) is 0 Å². The van der Waals surface area contributed by atoms with Crippen molar-refractivity contribution in [3.63, 3.8) is 0 Å². The highest BCUT2D eigenvalue weighted by Crippen LogP contribution is 2.72. The Balaban J connectivity index is 1.76. The number of ether oxygens (including phenoxy) is 1. The zero-order chi connectivity index (χ0) is 29.1. The number of carbonyl (C=O) groups excluding carboxylic acids is 3. The SMILES string of the molecule is C=CCCCOC(=O)[C@@H]1[C@H]2C(=O)N([C@@H](CO)[C@@H](C)CC)C(C(=O)N(CC=C)Cc3ccccc3)C23CC[C@@]1(C)S3. The Morgan fingerprint density at radius 1 is 1.25 bits per heavy atom. The van der Waals surface area contributed by atoms with Gasteiger partial charge >= 0.3 is 5.97 Å². The monoisotopic (exact) mass is 568 g/mol. The molecule has 0 radical (unpaired) electrons. The lowest BCUT2D eigenvalue weighted by Crippen LogP contribution is -2.58. The van der Waals surface area contributed by atoms with Gasteiger partial charge in [0.2, 0.25) is 11.8 Å². The van der Waals surface area contributed by atoms with Crippen LogP contribution in [0.25, 0.3) is 0 Å². The fraction of sp³-hybridized carbons (Fsp3) is 0.594. The van der Waals surface area contributed by atoms with E-state index >= 15 is 0 Å². The van der Waals surface area contributed by atoms with Gasteiger partial charge in [-0.1, -0.05) is 62.8 Å². The van der Waals surface area contributed by atoms with Crippen molar-refractivity contribution >= 4 is 29.5 Å². The highest BCUT2D eigenvalue weighted by molar-refractivity contribution is 8.02. The van der Waals surface area contributed by atoms with Crippen LogP contribution < -0.4 is 0 Å². The Bertz CT molecular complexity index is 1110. The standard InChI is InChI=1S/C32H44N2O5S/c1-6-9-13-19-39-30(38)26-25-28(36)34(24(21-35)22(4)8-3)27(32(25)17-16-31(26,5)40-32)29(37)33(18-7-2)20-23-14-11-10-12-15-23/h6-7,10-12,14-15,22,24-27,35H,1-2,8-9,13,16-21H2,3-5H3/t22-,24-,25-,26-,27?,31+,32?/m0/s1. The summed E-state index contributed by atoms with van der Waals surface area (Å²) in [6, 6.07) is 8.47. The van der Waals surface area contributed by atoms with E-state index in [9.17, 15) is 19.5 Å². The topological polar surface area (TPSA) is 87.1 Å². The third-order valence-electron chi connectivity index (χ3n) is 9.22. The van der Waals surface area contributed by atoms with Gasteiger partial charge in [-0.2, -0.15) is 0 Å². The summed E-state index contributed by atoms with van der Waals surface area (Å²) in [5.41, 5.74) is 0.986. The van der Waals surface area contributed by atoms with Crippen molar-refractivity contribution in [1.82, 2.24) is 9.80 Å². The van der Waals surface area contributed by atoms with Crippen LogP contribution in [0.3, 0.4) is 0 Å². The average Bonchev–Trinajstić information content (AvgIpc) is 3.52. The molecule has 40 heavy (non-hydrogen) atoms. The normalized spacial score (nSPS) is 30.1. The molecule has 1 N–H and O–H groups in total. The molecule has 3 aliphatic heterocycles. The lowest BCUT2D eigenvalue weighted by molar-refractivity contribution is -0.156. The maximum absolute atomic E-state index is 14.6. The number of unbranched alkanes of at least 4 members (excludes halogenated alkanes) is 1. The molecule has 3 saturated heterocycles. The van der Waals surface area contributed by atoms with Crippen LogP contribution in [0.5, 0.6) is 0 Å². The summed E-state index contributed by atoms with van der Waals surface area (Å²) in [5, 5.41) is 10.6. The molecule has 1 aromatic rings. The summed E-state index contributed by atoms with van der Waals surface area (Å²) >= 11 is 1.63. The minimum atomic E-state index is -0.787. The predicted octanol–water partition coefficient (Wildman–Crippen LogP) is 4.60. The molecule has 1 spiro atoms. The Morgan fingerprint density at radius 2 is 1.98 bits per heavy atom. The van der Waals surface area contributed by atoms with Crippen molar-refractivity contribution in [2.45, 2.75) is 81.0 Å². The van der Waals surface area contributed by atoms with Crippen molar-refractivity contribution in [2.75, 3.05) is 19.8 Å². The molecule has 2 unspecified atom stereocenters. The first kappa shape index (κ1) is 30.4. The number of rotatable bonds is 14. The molecule has 3 fully saturated rings. The van der Waals surface area contributed by atoms with E-state index in [4.69, 9.17) is 4.74 Å². The zero-order valence-corrected chi connectivity index (χ0v) is 24.9. The van der Waals surface area contributed by atoms with Crippen LogP contribution in [0.4, 0.5) is 0 Å². The van der Waals surface area contributed by atoms with Gasteiger partial charge in [-0.25, -0.2) is 0 Å². The Labute approximate surface area is 243 Å². The highest BCUT2D eigenvalue weighted by Gasteiger charge is 2.78. The van der Waals surface area contributed by atoms with Gasteiger partial charge in [0, 0.05) is 17.8 Å². The third kappa shape index (κ3) is 5.25. The molecule has 0 aliphatic carbocycles. The molecular formula is C32H44N2O5S. The van der Waals surface area contributed by atoms with Crippen LogP contribution in [0.15, 0.2) is 55.6 Å². The van der Waals surface area contributed by atoms with E-state index in [1.54, 1.807) is 33.7 Å². The van der Waals surface area contributed by atoms with E-state index in [1.165, 1.54) is 0 Å². The number of aliphatic hydroxyl groups excluding tert-OH is 1. The Kier molecular flexibility index (Phi) is 9.51. The molecule has 0 saturated carbocycles. The summed E-state index contributed by atoms with van der Waals surface area (Å²) in [7, 11) is 0. The molecule has 218 valence electrons. The second-order valence-corrected chi connectivity index (χ2v) is 13.6. The number of carbonyl (C=O) groups is 3. The van der Waals surface area contributed by atoms with Crippen LogP contribution in [-0.2, 0) is 25.7 Å². The van der Waals surface area contributed by atoms with E-state index in [0.717, 1.165) is 24.8 Å². The summed E-state index contributed by atoms with van der Waals surface area (Å²) in [5.74, 6) is -2.05. The van der Waals surface area contributed by atoms with Gasteiger partial charge in [-0.15, -0.1) is 24.9 Å². The summed E-state index contributed by atoms with van der Waals surface area (Å²) in [6.45, 7) is 14.4. The molecule has 0 aromatic heterocycles. The van der Waals surface area contributed by atoms with E-state index < -0.39 is 33.4 Å². The molecular weight excluding hydrogens is 524 g/mol. The molecule has 7 atom stereocenters. The number of hydrogen-bond donors (Lipinski definition) is 1. The summed E-state index contributed by atoms with van der Waals surface area (Å²) in [4.78, 5) is 46.1. The van der Waals surface area contributed by atoms with Gasteiger partial charge in [0.25, 0.3) is 0 Å². The number of aliphatic hydroxyl groups is 1. The number of amides is 2. The lowest BCUT2D eigenvalue weighted by atomic mass is 9.66. The first-order valence-electron chi connectivity index (χ1n) is 14.5. The first-order chi connectivity index (χ1) is 19.2. The minimum Gasteiger partial charge on any atom is -0.465 e. The molecule has 2 bridgehead atoms. The van der Waals surface area contributed by atoms with Crippen LogP contribution in [0.2, 0.25) is 0 Å². The Hall–Kier alpha value is -2.58. The molecule has 1 aromatic carbocycles. The van der Waals surface area contributed by atoms with Gasteiger partial charge in [-0.3, -0.25) is 14.4 Å². The van der Waals surface area contributed by atoms with E-state index in [0.29, 0.717) is 25.9 Å². The average molecular weight is 569 g/mol. The minimum absolute atomic E-state index is 0.0245. The molecule has 8 heteroatoms. The molecule has 2 amide bonds. The number of esters is 1. The van der Waals surface area contributed by atoms with Gasteiger partial charge in [-0.05, 0) is 44.1 Å². The number of likely N-dealkylation sites (tertiary alicyclic amines) is 1. The molecule has 7 nitrogen and oxygen atoms in total. The predicted molar refractivity (Wildman–Crippen MR) is 158 cm³/mol. The zero-order valence-electron chi connectivity index (χ0n) is 24.1. The van der Waals surface area contributed by atoms with Gasteiger partial charge in [0.1, 0.15) is 6.04 Å². The maximum Gasteiger partial charge on any atom is 0.311 e. The smallest absolute Gasteiger partial charge is 0.311 e. The van der Waals surface area contributed by atoms with Crippen LogP contribution in [0.1, 0.15) is 58.4 Å². The van der Waals surface area contributed by atoms with E-state index in [1.807, 2.05) is 51.1 Å². The fourth-order valence-electron chi connectivity index (χ4n) is 7.03. The maximum atomic E-state index is 14.6. The van der Waals surface area contributed by atoms with Crippen molar-refractivity contribution in [2.24, 2.45) is 17.8 Å². The number of thioether (sulfide) groups is 1. The van der Waals surface area contributed by atoms with E-state index in [2.05, 4.69) is 13.2 Å². The number of allylic oxidation sites excluding steroid dienone is 1. The van der Waals surface area contributed by atoms with Crippen molar-refractivity contribution < 1.29 is 24.2 Å². The van der Waals surface area contributed by atoms with Crippen molar-refractivity contribution in [1.29, 1.82) is 0 Å². The van der Waals surface area contributed by atoms with Gasteiger partial charge in [0.05, 0.1) is 35.8 Å². The van der Waals surface area contributed by atoms with Crippen LogP contribution in [0, 0.1) is 17.8 Å². The van der Waals surface area contributed by atoms with E-state index in [-0.39, 0.29) is 36.9 Å². The van der Waals surface area contributed by atoms with Crippen LogP contribution >= 0.6 is 11.8 Å². The second-order valence-electron chi connectivity index (χ2n) is 11.7. The van der Waals surface area contributed by atoms with Crippen LogP contribution in [-0.4, -0.2) is 74.0 Å². The number of benzene rings is 1. The van der Waals surface area contributed by atoms with Crippen molar-refractivity contribution in [3.05, 3.63) is 61.2 Å². The Morgan fingerprint density at radius 3 is 2.60 bits per heavy atom. The lowest BCUT2D eigenvalue weighted by Gasteiger charge is -2.41. The highest BCUT2D eigenvalue weighted by atomic mass is 32.2.